The van der Waals surface area contributed by atoms with Gasteiger partial charge in [0, 0.05) is 12.5 Å². The van der Waals surface area contributed by atoms with Crippen molar-refractivity contribution in [1.29, 1.82) is 0 Å². The van der Waals surface area contributed by atoms with E-state index in [2.05, 4.69) is 10.2 Å². The lowest BCUT2D eigenvalue weighted by molar-refractivity contribution is -0.757. The molecule has 1 aromatic rings. The standard InChI is InChI=1S/C24H33N3O8/c1-16(25-19(23(29)30)12-11-17-7-3-2-4-8-17)22(28)26-20-10-5-9-18(20)15-21(26)24(31)34-13-6-14-35-27(32)33/h2-4,7-8,16,18-21,25H,5-6,9-15H2,1H3,(H,29,30). The van der Waals surface area contributed by atoms with Crippen molar-refractivity contribution >= 4 is 17.8 Å². The lowest BCUT2D eigenvalue weighted by Crippen LogP contribution is -2.55. The maximum Gasteiger partial charge on any atom is 0.328 e. The van der Waals surface area contributed by atoms with Crippen molar-refractivity contribution in [2.75, 3.05) is 13.2 Å². The third-order valence-corrected chi connectivity index (χ3v) is 6.78. The number of ether oxygens (including phenoxy) is 1. The highest BCUT2D eigenvalue weighted by molar-refractivity contribution is 5.89. The average Bonchev–Trinajstić information content (AvgIpc) is 3.42. The Bertz CT molecular complexity index is 896. The van der Waals surface area contributed by atoms with Crippen LogP contribution in [0, 0.1) is 16.0 Å². The third-order valence-electron chi connectivity index (χ3n) is 6.78. The van der Waals surface area contributed by atoms with Crippen molar-refractivity contribution < 1.29 is 34.2 Å². The lowest BCUT2D eigenvalue weighted by atomic mass is 10.0. The van der Waals surface area contributed by atoms with Gasteiger partial charge in [-0.1, -0.05) is 36.8 Å². The summed E-state index contributed by atoms with van der Waals surface area (Å²) < 4.78 is 5.29. The van der Waals surface area contributed by atoms with Crippen LogP contribution in [0.25, 0.3) is 0 Å². The van der Waals surface area contributed by atoms with Crippen LogP contribution < -0.4 is 5.32 Å². The smallest absolute Gasteiger partial charge is 0.328 e. The van der Waals surface area contributed by atoms with Gasteiger partial charge in [-0.3, -0.25) is 14.9 Å². The minimum atomic E-state index is -1.03. The second kappa shape index (κ2) is 12.5. The van der Waals surface area contributed by atoms with Crippen molar-refractivity contribution in [3.63, 3.8) is 0 Å². The molecule has 1 aliphatic carbocycles. The quantitative estimate of drug-likeness (QED) is 0.183. The molecule has 5 unspecified atom stereocenters. The SMILES string of the molecule is CC(NC(CCc1ccccc1)C(=O)O)C(=O)N1C(C(=O)OCCCO[N+](=O)[O-])CC2CCCC21. The highest BCUT2D eigenvalue weighted by Crippen LogP contribution is 2.42. The molecule has 1 amide bonds. The Kier molecular flexibility index (Phi) is 9.41. The van der Waals surface area contributed by atoms with Gasteiger partial charge in [-0.05, 0) is 50.5 Å². The predicted molar refractivity (Wildman–Crippen MR) is 124 cm³/mol. The number of carbonyl (C=O) groups excluding carboxylic acids is 2. The van der Waals surface area contributed by atoms with Gasteiger partial charge in [-0.2, -0.15) is 0 Å². The molecule has 1 aliphatic heterocycles. The maximum absolute atomic E-state index is 13.5. The Labute approximate surface area is 203 Å². The van der Waals surface area contributed by atoms with Gasteiger partial charge in [0.05, 0.1) is 19.3 Å². The number of fused-ring (bicyclic) bond motifs is 1. The van der Waals surface area contributed by atoms with E-state index in [1.165, 1.54) is 0 Å². The molecule has 192 valence electrons. The molecule has 1 heterocycles. The molecule has 2 aliphatic rings. The molecule has 3 rings (SSSR count). The molecule has 35 heavy (non-hydrogen) atoms. The van der Waals surface area contributed by atoms with Gasteiger partial charge < -0.3 is 19.6 Å². The topological polar surface area (TPSA) is 148 Å². The van der Waals surface area contributed by atoms with E-state index in [0.29, 0.717) is 19.3 Å². The van der Waals surface area contributed by atoms with Crippen LogP contribution in [-0.2, 0) is 30.4 Å². The number of carboxylic acids is 1. The number of amides is 1. The first kappa shape index (κ1) is 26.4. The molecule has 0 spiro atoms. The Morgan fingerprint density at radius 3 is 2.66 bits per heavy atom. The van der Waals surface area contributed by atoms with Crippen molar-refractivity contribution in [1.82, 2.24) is 10.2 Å². The fourth-order valence-electron chi connectivity index (χ4n) is 5.11. The second-order valence-corrected chi connectivity index (χ2v) is 9.14. The predicted octanol–water partition coefficient (Wildman–Crippen LogP) is 1.96. The summed E-state index contributed by atoms with van der Waals surface area (Å²) in [5, 5.41) is 22.0. The number of aliphatic carboxylic acids is 1. The number of aryl methyl sites for hydroxylation is 1. The van der Waals surface area contributed by atoms with E-state index in [1.807, 2.05) is 30.3 Å². The number of likely N-dealkylation sites (tertiary alicyclic amines) is 1. The second-order valence-electron chi connectivity index (χ2n) is 9.14. The van der Waals surface area contributed by atoms with Crippen LogP contribution in [0.2, 0.25) is 0 Å². The highest BCUT2D eigenvalue weighted by atomic mass is 16.9. The Morgan fingerprint density at radius 2 is 1.97 bits per heavy atom. The molecule has 2 fully saturated rings. The summed E-state index contributed by atoms with van der Waals surface area (Å²) in [7, 11) is 0. The number of rotatable bonds is 13. The number of benzene rings is 1. The van der Waals surface area contributed by atoms with Crippen molar-refractivity contribution in [2.45, 2.75) is 76.0 Å². The van der Waals surface area contributed by atoms with Crippen LogP contribution >= 0.6 is 0 Å². The number of carbonyl (C=O) groups is 3. The number of hydrogen-bond acceptors (Lipinski definition) is 8. The van der Waals surface area contributed by atoms with Gasteiger partial charge in [-0.15, -0.1) is 10.1 Å². The minimum absolute atomic E-state index is 0.0467. The van der Waals surface area contributed by atoms with Crippen LogP contribution in [0.5, 0.6) is 0 Å². The molecule has 1 saturated heterocycles. The highest BCUT2D eigenvalue weighted by Gasteiger charge is 2.50. The summed E-state index contributed by atoms with van der Waals surface area (Å²) in [4.78, 5) is 54.1. The molecule has 0 bridgehead atoms. The van der Waals surface area contributed by atoms with E-state index < -0.39 is 35.2 Å². The molecule has 5 atom stereocenters. The summed E-state index contributed by atoms with van der Waals surface area (Å²) in [6.07, 6.45) is 4.22. The summed E-state index contributed by atoms with van der Waals surface area (Å²) in [5.74, 6) is -1.69. The summed E-state index contributed by atoms with van der Waals surface area (Å²) in [6, 6.07) is 7.01. The first-order valence-electron chi connectivity index (χ1n) is 12.1. The molecule has 0 aromatic heterocycles. The summed E-state index contributed by atoms with van der Waals surface area (Å²) >= 11 is 0. The normalized spacial score (nSPS) is 22.8. The molecule has 2 N–H and O–H groups in total. The molecule has 11 heteroatoms. The largest absolute Gasteiger partial charge is 0.480 e. The molecular formula is C24H33N3O8. The zero-order chi connectivity index (χ0) is 25.4. The number of hydrogen-bond donors (Lipinski definition) is 2. The van der Waals surface area contributed by atoms with Gasteiger partial charge >= 0.3 is 11.9 Å². The fraction of sp³-hybridized carbons (Fsp3) is 0.625. The summed E-state index contributed by atoms with van der Waals surface area (Å²) in [5.41, 5.74) is 1.01. The van der Waals surface area contributed by atoms with Gasteiger partial charge in [0.1, 0.15) is 12.1 Å². The van der Waals surface area contributed by atoms with Crippen molar-refractivity contribution in [2.24, 2.45) is 5.92 Å². The number of nitrogens with zero attached hydrogens (tertiary/aromatic N) is 2. The van der Waals surface area contributed by atoms with Gasteiger partial charge in [0.2, 0.25) is 5.91 Å². The Balaban J connectivity index is 1.60. The molecule has 1 saturated carbocycles. The van der Waals surface area contributed by atoms with E-state index in [1.54, 1.807) is 11.8 Å². The van der Waals surface area contributed by atoms with E-state index in [-0.39, 0.29) is 37.5 Å². The fourth-order valence-corrected chi connectivity index (χ4v) is 5.11. The zero-order valence-corrected chi connectivity index (χ0v) is 19.8. The zero-order valence-electron chi connectivity index (χ0n) is 19.8. The van der Waals surface area contributed by atoms with Crippen LogP contribution in [0.4, 0.5) is 0 Å². The minimum Gasteiger partial charge on any atom is -0.480 e. The van der Waals surface area contributed by atoms with E-state index >= 15 is 0 Å². The molecule has 0 radical (unpaired) electrons. The first-order valence-corrected chi connectivity index (χ1v) is 12.1. The molecular weight excluding hydrogens is 458 g/mol. The van der Waals surface area contributed by atoms with Gasteiger partial charge in [0.15, 0.2) is 0 Å². The Hall–Kier alpha value is -3.21. The van der Waals surface area contributed by atoms with Gasteiger partial charge in [-0.25, -0.2) is 4.79 Å². The van der Waals surface area contributed by atoms with Crippen LogP contribution in [0.15, 0.2) is 30.3 Å². The van der Waals surface area contributed by atoms with E-state index in [4.69, 9.17) is 4.74 Å². The molecule has 1 aromatic carbocycles. The number of carboxylic acid groups (broad SMARTS) is 1. The Morgan fingerprint density at radius 1 is 1.23 bits per heavy atom. The lowest BCUT2D eigenvalue weighted by Gasteiger charge is -2.32. The third kappa shape index (κ3) is 7.14. The number of esters is 1. The van der Waals surface area contributed by atoms with Crippen LogP contribution in [0.3, 0.4) is 0 Å². The van der Waals surface area contributed by atoms with E-state index in [0.717, 1.165) is 24.8 Å². The maximum atomic E-state index is 13.5. The van der Waals surface area contributed by atoms with Gasteiger partial charge in [0.25, 0.3) is 5.09 Å². The van der Waals surface area contributed by atoms with Crippen molar-refractivity contribution in [3.8, 4) is 0 Å². The van der Waals surface area contributed by atoms with Crippen LogP contribution in [0.1, 0.15) is 51.0 Å². The summed E-state index contributed by atoms with van der Waals surface area (Å²) in [6.45, 7) is 1.40. The average molecular weight is 492 g/mol. The molecule has 11 nitrogen and oxygen atoms in total. The van der Waals surface area contributed by atoms with E-state index in [9.17, 15) is 29.6 Å². The monoisotopic (exact) mass is 491 g/mol. The van der Waals surface area contributed by atoms with Crippen LogP contribution in [-0.4, -0.2) is 70.3 Å². The van der Waals surface area contributed by atoms with Crippen molar-refractivity contribution in [3.05, 3.63) is 46.0 Å². The first-order chi connectivity index (χ1) is 16.8. The number of nitrogens with one attached hydrogen (secondary N) is 1.